The van der Waals surface area contributed by atoms with Crippen molar-refractivity contribution in [2.45, 2.75) is 0 Å². The molecule has 0 spiro atoms. The zero-order chi connectivity index (χ0) is 35.6. The van der Waals surface area contributed by atoms with Crippen LogP contribution >= 0.6 is 0 Å². The maximum absolute atomic E-state index is 5.21. The molecule has 0 atom stereocenters. The Hall–Kier alpha value is -7.30. The van der Waals surface area contributed by atoms with Crippen LogP contribution in [0, 0.1) is 0 Å². The summed E-state index contributed by atoms with van der Waals surface area (Å²) in [7, 11) is 0. The van der Waals surface area contributed by atoms with Crippen molar-refractivity contribution in [3.8, 4) is 45.1 Å². The molecule has 0 unspecified atom stereocenters. The Labute approximate surface area is 311 Å². The summed E-state index contributed by atoms with van der Waals surface area (Å²) >= 11 is 0. The molecule has 0 saturated carbocycles. The van der Waals surface area contributed by atoms with Gasteiger partial charge in [0.25, 0.3) is 0 Å². The monoisotopic (exact) mass is 688 g/mol. The van der Waals surface area contributed by atoms with Gasteiger partial charge in [0.2, 0.25) is 0 Å². The quantitative estimate of drug-likeness (QED) is 0.180. The molecule has 0 aliphatic rings. The maximum atomic E-state index is 5.21. The molecule has 0 fully saturated rings. The van der Waals surface area contributed by atoms with E-state index in [2.05, 4.69) is 191 Å². The van der Waals surface area contributed by atoms with Crippen molar-refractivity contribution in [2.24, 2.45) is 0 Å². The minimum atomic E-state index is 0.716. The van der Waals surface area contributed by atoms with Crippen molar-refractivity contribution in [3.63, 3.8) is 0 Å². The third-order valence-corrected chi connectivity index (χ3v) is 10.7. The lowest BCUT2D eigenvalue weighted by Crippen LogP contribution is -1.97. The molecule has 4 nitrogen and oxygen atoms in total. The Morgan fingerprint density at radius 3 is 1.39 bits per heavy atom. The number of hydrogen-bond donors (Lipinski definition) is 0. The second kappa shape index (κ2) is 12.1. The highest BCUT2D eigenvalue weighted by atomic mass is 15.0. The van der Waals surface area contributed by atoms with E-state index in [1.807, 2.05) is 12.1 Å². The molecular weight excluding hydrogens is 657 g/mol. The van der Waals surface area contributed by atoms with Crippen molar-refractivity contribution in [1.82, 2.24) is 19.1 Å². The number of hydrogen-bond acceptors (Lipinski definition) is 2. The molecule has 0 amide bonds. The molecule has 11 rings (SSSR count). The molecular formula is C50H32N4. The second-order valence-corrected chi connectivity index (χ2v) is 13.8. The van der Waals surface area contributed by atoms with Crippen LogP contribution in [0.15, 0.2) is 194 Å². The van der Waals surface area contributed by atoms with Crippen LogP contribution in [0.1, 0.15) is 0 Å². The van der Waals surface area contributed by atoms with Crippen LogP contribution in [0.3, 0.4) is 0 Å². The Kier molecular flexibility index (Phi) is 6.82. The van der Waals surface area contributed by atoms with E-state index >= 15 is 0 Å². The lowest BCUT2D eigenvalue weighted by atomic mass is 10.0. The summed E-state index contributed by atoms with van der Waals surface area (Å²) < 4.78 is 4.79. The van der Waals surface area contributed by atoms with Crippen LogP contribution in [-0.4, -0.2) is 19.1 Å². The van der Waals surface area contributed by atoms with Gasteiger partial charge in [-0.25, -0.2) is 9.97 Å². The smallest absolute Gasteiger partial charge is 0.160 e. The second-order valence-electron chi connectivity index (χ2n) is 13.8. The number of aromatic nitrogens is 4. The van der Waals surface area contributed by atoms with Gasteiger partial charge in [-0.1, -0.05) is 140 Å². The van der Waals surface area contributed by atoms with Crippen molar-refractivity contribution in [3.05, 3.63) is 194 Å². The van der Waals surface area contributed by atoms with Crippen LogP contribution in [0.25, 0.3) is 99.7 Å². The normalized spacial score (nSPS) is 11.7. The Morgan fingerprint density at radius 2 is 0.759 bits per heavy atom. The van der Waals surface area contributed by atoms with E-state index in [1.54, 1.807) is 0 Å². The van der Waals surface area contributed by atoms with Gasteiger partial charge in [-0.15, -0.1) is 0 Å². The third kappa shape index (κ3) is 4.78. The molecule has 3 heterocycles. The van der Waals surface area contributed by atoms with E-state index in [9.17, 15) is 0 Å². The number of rotatable bonds is 5. The molecule has 0 aliphatic heterocycles. The Balaban J connectivity index is 1.06. The summed E-state index contributed by atoms with van der Waals surface area (Å²) in [5.74, 6) is 0.716. The van der Waals surface area contributed by atoms with Crippen LogP contribution < -0.4 is 0 Å². The minimum Gasteiger partial charge on any atom is -0.309 e. The highest BCUT2D eigenvalue weighted by molar-refractivity contribution is 6.19. The lowest BCUT2D eigenvalue weighted by Gasteiger charge is -2.12. The Morgan fingerprint density at radius 1 is 0.296 bits per heavy atom. The zero-order valence-corrected chi connectivity index (χ0v) is 29.3. The van der Waals surface area contributed by atoms with E-state index in [-0.39, 0.29) is 0 Å². The lowest BCUT2D eigenvalue weighted by molar-refractivity contribution is 1.17. The van der Waals surface area contributed by atoms with E-state index in [1.165, 1.54) is 54.7 Å². The SMILES string of the molecule is c1ccc(-c2ccc(-c3nc(-c4ccc(-n5c6ccccc6c6cc7c(cc65)c5ccccc5n7-c5ccccc5)cc4)c4ccccc4n3)cc2)cc1. The van der Waals surface area contributed by atoms with E-state index in [4.69, 9.17) is 9.97 Å². The van der Waals surface area contributed by atoms with Gasteiger partial charge in [0.05, 0.1) is 33.3 Å². The number of para-hydroxylation sites is 4. The number of benzene rings is 8. The van der Waals surface area contributed by atoms with E-state index < -0.39 is 0 Å². The number of fused-ring (bicyclic) bond motifs is 7. The topological polar surface area (TPSA) is 35.6 Å². The van der Waals surface area contributed by atoms with Gasteiger partial charge in [0.1, 0.15) is 0 Å². The van der Waals surface area contributed by atoms with Gasteiger partial charge in [0.15, 0.2) is 5.82 Å². The van der Waals surface area contributed by atoms with Crippen LogP contribution in [0.2, 0.25) is 0 Å². The van der Waals surface area contributed by atoms with Crippen LogP contribution in [0.5, 0.6) is 0 Å². The first-order chi connectivity index (χ1) is 26.8. The summed E-state index contributed by atoms with van der Waals surface area (Å²) in [6.07, 6.45) is 0. The molecule has 4 heteroatoms. The van der Waals surface area contributed by atoms with Gasteiger partial charge in [-0.3, -0.25) is 0 Å². The van der Waals surface area contributed by atoms with Gasteiger partial charge < -0.3 is 9.13 Å². The van der Waals surface area contributed by atoms with E-state index in [0.29, 0.717) is 5.82 Å². The first-order valence-electron chi connectivity index (χ1n) is 18.3. The molecule has 252 valence electrons. The summed E-state index contributed by atoms with van der Waals surface area (Å²) in [6, 6.07) is 69.0. The summed E-state index contributed by atoms with van der Waals surface area (Å²) in [4.78, 5) is 10.2. The Bertz CT molecular complexity index is 3170. The minimum absolute atomic E-state index is 0.716. The standard InChI is InChI=1S/C50H32N4/c1-3-13-33(14-4-1)34-23-25-36(26-24-34)50-51-44-20-10-7-19-41(44)49(52-50)35-27-29-38(30-28-35)54-46-22-12-9-18-40(46)43-31-47-42(32-48(43)54)39-17-8-11-21-45(39)53(47)37-15-5-2-6-16-37/h1-32H. The van der Waals surface area contributed by atoms with Crippen LogP contribution in [-0.2, 0) is 0 Å². The predicted molar refractivity (Wildman–Crippen MR) is 225 cm³/mol. The van der Waals surface area contributed by atoms with Gasteiger partial charge >= 0.3 is 0 Å². The van der Waals surface area contributed by atoms with Crippen LogP contribution in [0.4, 0.5) is 0 Å². The summed E-state index contributed by atoms with van der Waals surface area (Å²) in [6.45, 7) is 0. The summed E-state index contributed by atoms with van der Waals surface area (Å²) in [5, 5.41) is 5.97. The molecule has 0 radical (unpaired) electrons. The fraction of sp³-hybridized carbons (Fsp3) is 0. The van der Waals surface area contributed by atoms with Crippen molar-refractivity contribution in [1.29, 1.82) is 0 Å². The predicted octanol–water partition coefficient (Wildman–Crippen LogP) is 12.8. The van der Waals surface area contributed by atoms with Gasteiger partial charge in [-0.05, 0) is 65.7 Å². The molecule has 11 aromatic rings. The third-order valence-electron chi connectivity index (χ3n) is 10.7. The van der Waals surface area contributed by atoms with E-state index in [0.717, 1.165) is 39.1 Å². The summed E-state index contributed by atoms with van der Waals surface area (Å²) in [5.41, 5.74) is 13.3. The molecule has 0 saturated heterocycles. The van der Waals surface area contributed by atoms with Crippen molar-refractivity contribution in [2.75, 3.05) is 0 Å². The van der Waals surface area contributed by atoms with Crippen molar-refractivity contribution >= 4 is 54.5 Å². The molecule has 54 heavy (non-hydrogen) atoms. The largest absolute Gasteiger partial charge is 0.309 e. The zero-order valence-electron chi connectivity index (χ0n) is 29.3. The highest BCUT2D eigenvalue weighted by Gasteiger charge is 2.19. The molecule has 0 N–H and O–H groups in total. The first-order valence-corrected chi connectivity index (χ1v) is 18.3. The first kappa shape index (κ1) is 30.3. The van der Waals surface area contributed by atoms with Gasteiger partial charge in [0, 0.05) is 49.4 Å². The average molecular weight is 689 g/mol. The fourth-order valence-corrected chi connectivity index (χ4v) is 8.20. The maximum Gasteiger partial charge on any atom is 0.160 e. The average Bonchev–Trinajstić information content (AvgIpc) is 3.75. The molecule has 0 aliphatic carbocycles. The molecule has 8 aromatic carbocycles. The fourth-order valence-electron chi connectivity index (χ4n) is 8.20. The van der Waals surface area contributed by atoms with Crippen molar-refractivity contribution < 1.29 is 0 Å². The highest BCUT2D eigenvalue weighted by Crippen LogP contribution is 2.40. The van der Waals surface area contributed by atoms with Gasteiger partial charge in [-0.2, -0.15) is 0 Å². The number of nitrogens with zero attached hydrogens (tertiary/aromatic N) is 4. The molecule has 3 aromatic heterocycles. The molecule has 0 bridgehead atoms.